The molecular weight excluding hydrogens is 332 g/mol. The van der Waals surface area contributed by atoms with Crippen LogP contribution >= 0.6 is 0 Å². The van der Waals surface area contributed by atoms with Crippen molar-refractivity contribution in [2.24, 2.45) is 0 Å². The van der Waals surface area contributed by atoms with E-state index in [0.29, 0.717) is 33.1 Å². The molecular formula is C21H14O5. The molecule has 0 aliphatic heterocycles. The molecule has 0 unspecified atom stereocenters. The lowest BCUT2D eigenvalue weighted by molar-refractivity contribution is 0.0979. The first-order valence-electron chi connectivity index (χ1n) is 8.07. The number of Topliss-reactive ketones (excluding diaryl/α,β-unsaturated/α-hetero) is 2. The lowest BCUT2D eigenvalue weighted by atomic mass is 10.1. The van der Waals surface area contributed by atoms with E-state index in [4.69, 9.17) is 8.83 Å². The summed E-state index contributed by atoms with van der Waals surface area (Å²) in [7, 11) is 0. The van der Waals surface area contributed by atoms with Crippen molar-refractivity contribution >= 4 is 39.3 Å². The van der Waals surface area contributed by atoms with Crippen molar-refractivity contribution in [2.45, 2.75) is 13.8 Å². The summed E-state index contributed by atoms with van der Waals surface area (Å²) in [6.07, 6.45) is 0. The van der Waals surface area contributed by atoms with Crippen LogP contribution in [0.5, 0.6) is 0 Å². The molecule has 4 rings (SSSR count). The van der Waals surface area contributed by atoms with Crippen LogP contribution < -0.4 is 0 Å². The average Bonchev–Trinajstić information content (AvgIpc) is 3.23. The van der Waals surface area contributed by atoms with Gasteiger partial charge < -0.3 is 8.83 Å². The first kappa shape index (κ1) is 16.0. The predicted octanol–water partition coefficient (Wildman–Crippen LogP) is 4.82. The van der Waals surface area contributed by atoms with Crippen molar-refractivity contribution in [1.82, 2.24) is 0 Å². The van der Waals surface area contributed by atoms with Crippen molar-refractivity contribution in [1.29, 1.82) is 0 Å². The van der Waals surface area contributed by atoms with Crippen LogP contribution in [0.4, 0.5) is 0 Å². The van der Waals surface area contributed by atoms with Gasteiger partial charge in [-0.3, -0.25) is 14.4 Å². The van der Waals surface area contributed by atoms with Crippen LogP contribution in [0.2, 0.25) is 0 Å². The summed E-state index contributed by atoms with van der Waals surface area (Å²) in [5.74, 6) is -0.562. The van der Waals surface area contributed by atoms with Crippen LogP contribution in [0.25, 0.3) is 21.9 Å². The standard InChI is InChI=1S/C21H14O5/c1-11(22)15-7-3-5-13-9-17(25-20(13)15)19(24)18-10-14-6-4-8-16(12(2)23)21(14)26-18/h3-10H,1-2H3. The summed E-state index contributed by atoms with van der Waals surface area (Å²) in [4.78, 5) is 36.3. The molecule has 0 aliphatic rings. The zero-order valence-corrected chi connectivity index (χ0v) is 14.2. The van der Waals surface area contributed by atoms with E-state index in [1.807, 2.05) is 0 Å². The Morgan fingerprint density at radius 1 is 0.692 bits per heavy atom. The summed E-state index contributed by atoms with van der Waals surface area (Å²) in [5, 5.41) is 1.34. The Balaban J connectivity index is 1.83. The van der Waals surface area contributed by atoms with Crippen LogP contribution in [0.3, 0.4) is 0 Å². The second kappa shape index (κ2) is 5.81. The third-order valence-corrected chi connectivity index (χ3v) is 4.29. The molecule has 5 nitrogen and oxygen atoms in total. The topological polar surface area (TPSA) is 77.5 Å². The molecule has 0 radical (unpaired) electrons. The molecule has 0 saturated heterocycles. The molecule has 128 valence electrons. The van der Waals surface area contributed by atoms with Gasteiger partial charge in [0.25, 0.3) is 5.78 Å². The largest absolute Gasteiger partial charge is 0.452 e. The maximum Gasteiger partial charge on any atom is 0.263 e. The van der Waals surface area contributed by atoms with Crippen LogP contribution in [-0.4, -0.2) is 17.3 Å². The van der Waals surface area contributed by atoms with Crippen LogP contribution in [0, 0.1) is 0 Å². The Kier molecular flexibility index (Phi) is 3.58. The molecule has 2 aromatic heterocycles. The lowest BCUT2D eigenvalue weighted by Gasteiger charge is -1.96. The molecule has 0 aliphatic carbocycles. The minimum atomic E-state index is -0.443. The van der Waals surface area contributed by atoms with E-state index in [2.05, 4.69) is 0 Å². The van der Waals surface area contributed by atoms with Gasteiger partial charge in [-0.15, -0.1) is 0 Å². The highest BCUT2D eigenvalue weighted by molar-refractivity contribution is 6.12. The number of para-hydroxylation sites is 2. The summed E-state index contributed by atoms with van der Waals surface area (Å²) in [5.41, 5.74) is 1.60. The quantitative estimate of drug-likeness (QED) is 0.495. The Morgan fingerprint density at radius 3 is 1.50 bits per heavy atom. The number of fused-ring (bicyclic) bond motifs is 2. The van der Waals surface area contributed by atoms with E-state index < -0.39 is 5.78 Å². The molecule has 0 amide bonds. The van der Waals surface area contributed by atoms with Gasteiger partial charge in [-0.05, 0) is 38.1 Å². The third-order valence-electron chi connectivity index (χ3n) is 4.29. The van der Waals surface area contributed by atoms with Crippen molar-refractivity contribution < 1.29 is 23.2 Å². The van der Waals surface area contributed by atoms with Crippen LogP contribution in [0.1, 0.15) is 50.9 Å². The first-order valence-corrected chi connectivity index (χ1v) is 8.07. The fraction of sp³-hybridized carbons (Fsp3) is 0.0952. The maximum atomic E-state index is 12.8. The molecule has 5 heteroatoms. The number of hydrogen-bond donors (Lipinski definition) is 0. The number of benzene rings is 2. The molecule has 0 bridgehead atoms. The van der Waals surface area contributed by atoms with Gasteiger partial charge >= 0.3 is 0 Å². The van der Waals surface area contributed by atoms with Gasteiger partial charge in [0.05, 0.1) is 11.1 Å². The fourth-order valence-electron chi connectivity index (χ4n) is 3.03. The first-order chi connectivity index (χ1) is 12.5. The molecule has 0 spiro atoms. The highest BCUT2D eigenvalue weighted by Gasteiger charge is 2.22. The van der Waals surface area contributed by atoms with Gasteiger partial charge in [-0.1, -0.05) is 24.3 Å². The Bertz CT molecular complexity index is 1110. The maximum absolute atomic E-state index is 12.8. The summed E-state index contributed by atoms with van der Waals surface area (Å²) in [6, 6.07) is 13.5. The van der Waals surface area contributed by atoms with Crippen LogP contribution in [0.15, 0.2) is 57.4 Å². The van der Waals surface area contributed by atoms with Gasteiger partial charge in [0.2, 0.25) is 0 Å². The van der Waals surface area contributed by atoms with E-state index in [0.717, 1.165) is 0 Å². The Hall–Kier alpha value is -3.47. The van der Waals surface area contributed by atoms with Crippen molar-refractivity contribution in [3.63, 3.8) is 0 Å². The molecule has 2 heterocycles. The molecule has 0 N–H and O–H groups in total. The molecule has 0 saturated carbocycles. The molecule has 2 aromatic carbocycles. The SMILES string of the molecule is CC(=O)c1cccc2cc(C(=O)c3cc4cccc(C(C)=O)c4o3)oc12. The van der Waals surface area contributed by atoms with E-state index in [1.165, 1.54) is 13.8 Å². The molecule has 0 atom stereocenters. The van der Waals surface area contributed by atoms with Crippen LogP contribution in [-0.2, 0) is 0 Å². The van der Waals surface area contributed by atoms with E-state index in [-0.39, 0.29) is 23.1 Å². The van der Waals surface area contributed by atoms with Gasteiger partial charge in [0.15, 0.2) is 23.1 Å². The second-order valence-electron chi connectivity index (χ2n) is 6.11. The highest BCUT2D eigenvalue weighted by atomic mass is 16.4. The number of carbonyl (C=O) groups excluding carboxylic acids is 3. The smallest absolute Gasteiger partial charge is 0.263 e. The Labute approximate surface area is 148 Å². The third kappa shape index (κ3) is 2.45. The highest BCUT2D eigenvalue weighted by Crippen LogP contribution is 2.28. The zero-order valence-electron chi connectivity index (χ0n) is 14.2. The fourth-order valence-corrected chi connectivity index (χ4v) is 3.03. The molecule has 4 aromatic rings. The van der Waals surface area contributed by atoms with Crippen molar-refractivity contribution in [2.75, 3.05) is 0 Å². The van der Waals surface area contributed by atoms with Crippen molar-refractivity contribution in [3.8, 4) is 0 Å². The van der Waals surface area contributed by atoms with E-state index in [1.54, 1.807) is 48.5 Å². The number of furan rings is 2. The summed E-state index contributed by atoms with van der Waals surface area (Å²) in [6.45, 7) is 2.89. The van der Waals surface area contributed by atoms with E-state index >= 15 is 0 Å². The van der Waals surface area contributed by atoms with Crippen molar-refractivity contribution in [3.05, 3.63) is 71.2 Å². The molecule has 0 fully saturated rings. The van der Waals surface area contributed by atoms with Gasteiger partial charge in [-0.25, -0.2) is 0 Å². The zero-order chi connectivity index (χ0) is 18.4. The Morgan fingerprint density at radius 2 is 1.12 bits per heavy atom. The number of rotatable bonds is 4. The minimum absolute atomic E-state index is 0.0807. The summed E-state index contributed by atoms with van der Waals surface area (Å²) < 4.78 is 11.3. The number of ketones is 3. The normalized spacial score (nSPS) is 11.2. The van der Waals surface area contributed by atoms with Gasteiger partial charge in [0.1, 0.15) is 11.2 Å². The average molecular weight is 346 g/mol. The monoisotopic (exact) mass is 346 g/mol. The van der Waals surface area contributed by atoms with Gasteiger partial charge in [-0.2, -0.15) is 0 Å². The minimum Gasteiger partial charge on any atom is -0.452 e. The summed E-state index contributed by atoms with van der Waals surface area (Å²) >= 11 is 0. The number of hydrogen-bond acceptors (Lipinski definition) is 5. The number of carbonyl (C=O) groups is 3. The lowest BCUT2D eigenvalue weighted by Crippen LogP contribution is -1.97. The van der Waals surface area contributed by atoms with Gasteiger partial charge in [0, 0.05) is 10.8 Å². The van der Waals surface area contributed by atoms with E-state index in [9.17, 15) is 14.4 Å². The predicted molar refractivity (Wildman–Crippen MR) is 95.9 cm³/mol. The second-order valence-corrected chi connectivity index (χ2v) is 6.11. The molecule has 26 heavy (non-hydrogen) atoms.